The van der Waals surface area contributed by atoms with Crippen LogP contribution in [0.3, 0.4) is 0 Å². The normalized spacial score (nSPS) is 10.7. The number of aryl methyl sites for hydroxylation is 1. The maximum atomic E-state index is 12.6. The van der Waals surface area contributed by atoms with E-state index in [-0.39, 0.29) is 18.1 Å². The van der Waals surface area contributed by atoms with Crippen molar-refractivity contribution in [2.24, 2.45) is 0 Å². The molecule has 0 unspecified atom stereocenters. The number of para-hydroxylation sites is 2. The standard InChI is InChI=1S/C22H21N5O4S/c1-13-14(2)23-22(25-21(13)29)27-19(11-15(26-27)18-9-6-10-32-18)24-20(28)12-31-17-8-5-4-7-16(17)30-3/h4-11H,12H2,1-3H3,(H,24,28)(H,23,25,29). The van der Waals surface area contributed by atoms with E-state index in [0.29, 0.717) is 34.3 Å². The van der Waals surface area contributed by atoms with Crippen molar-refractivity contribution in [3.63, 3.8) is 0 Å². The maximum Gasteiger partial charge on any atom is 0.263 e. The average molecular weight is 452 g/mol. The zero-order chi connectivity index (χ0) is 22.7. The van der Waals surface area contributed by atoms with Crippen LogP contribution in [-0.4, -0.2) is 39.4 Å². The van der Waals surface area contributed by atoms with Gasteiger partial charge in [-0.2, -0.15) is 9.78 Å². The zero-order valence-electron chi connectivity index (χ0n) is 17.7. The Bertz CT molecular complexity index is 1310. The molecule has 1 amide bonds. The van der Waals surface area contributed by atoms with Gasteiger partial charge in [-0.3, -0.25) is 14.6 Å². The number of hydrogen-bond acceptors (Lipinski definition) is 7. The summed E-state index contributed by atoms with van der Waals surface area (Å²) < 4.78 is 12.2. The van der Waals surface area contributed by atoms with Gasteiger partial charge in [0, 0.05) is 17.3 Å². The fourth-order valence-electron chi connectivity index (χ4n) is 2.97. The first-order valence-electron chi connectivity index (χ1n) is 9.73. The first-order chi connectivity index (χ1) is 15.5. The van der Waals surface area contributed by atoms with Crippen LogP contribution in [0.1, 0.15) is 11.3 Å². The van der Waals surface area contributed by atoms with E-state index in [1.807, 2.05) is 23.6 Å². The third-order valence-electron chi connectivity index (χ3n) is 4.76. The van der Waals surface area contributed by atoms with Crippen molar-refractivity contribution in [2.75, 3.05) is 19.0 Å². The lowest BCUT2D eigenvalue weighted by Gasteiger charge is -2.11. The zero-order valence-corrected chi connectivity index (χ0v) is 18.5. The molecule has 0 aliphatic carbocycles. The molecule has 4 rings (SSSR count). The Balaban J connectivity index is 1.62. The lowest BCUT2D eigenvalue weighted by molar-refractivity contribution is -0.118. The average Bonchev–Trinajstić information content (AvgIpc) is 3.46. The molecular weight excluding hydrogens is 430 g/mol. The minimum atomic E-state index is -0.402. The van der Waals surface area contributed by atoms with E-state index < -0.39 is 5.91 Å². The molecule has 32 heavy (non-hydrogen) atoms. The molecule has 3 heterocycles. The predicted octanol–water partition coefficient (Wildman–Crippen LogP) is 3.33. The highest BCUT2D eigenvalue weighted by Crippen LogP contribution is 2.28. The van der Waals surface area contributed by atoms with Crippen LogP contribution in [0.2, 0.25) is 0 Å². The molecule has 164 valence electrons. The van der Waals surface area contributed by atoms with Gasteiger partial charge in [0.1, 0.15) is 11.5 Å². The second-order valence-corrected chi connectivity index (χ2v) is 7.84. The molecule has 0 atom stereocenters. The molecule has 0 bridgehead atoms. The van der Waals surface area contributed by atoms with Crippen molar-refractivity contribution < 1.29 is 14.3 Å². The Morgan fingerprint density at radius 2 is 1.97 bits per heavy atom. The number of nitrogens with one attached hydrogen (secondary N) is 2. The van der Waals surface area contributed by atoms with Crippen molar-refractivity contribution in [3.05, 3.63) is 69.5 Å². The van der Waals surface area contributed by atoms with Crippen molar-refractivity contribution in [2.45, 2.75) is 13.8 Å². The predicted molar refractivity (Wildman–Crippen MR) is 122 cm³/mol. The number of rotatable bonds is 7. The first kappa shape index (κ1) is 21.3. The number of thiophene rings is 1. The highest BCUT2D eigenvalue weighted by atomic mass is 32.1. The summed E-state index contributed by atoms with van der Waals surface area (Å²) in [6.45, 7) is 3.21. The summed E-state index contributed by atoms with van der Waals surface area (Å²) in [5, 5.41) is 9.28. The number of hydrogen-bond donors (Lipinski definition) is 2. The Labute approximate surface area is 187 Å². The lowest BCUT2D eigenvalue weighted by Crippen LogP contribution is -2.24. The molecule has 2 N–H and O–H groups in total. The van der Waals surface area contributed by atoms with Gasteiger partial charge < -0.3 is 14.8 Å². The molecule has 1 aromatic carbocycles. The number of nitrogens with zero attached hydrogens (tertiary/aromatic N) is 3. The number of carbonyl (C=O) groups excluding carboxylic acids is 1. The van der Waals surface area contributed by atoms with Gasteiger partial charge in [0.15, 0.2) is 18.1 Å². The third-order valence-corrected chi connectivity index (χ3v) is 5.65. The van der Waals surface area contributed by atoms with Crippen molar-refractivity contribution >= 4 is 23.1 Å². The van der Waals surface area contributed by atoms with Crippen LogP contribution in [0.15, 0.2) is 52.6 Å². The molecule has 4 aromatic rings. The molecular formula is C22H21N5O4S. The number of anilines is 1. The van der Waals surface area contributed by atoms with Gasteiger partial charge in [-0.05, 0) is 37.4 Å². The fourth-order valence-corrected chi connectivity index (χ4v) is 3.65. The van der Waals surface area contributed by atoms with Crippen molar-refractivity contribution in [1.82, 2.24) is 19.7 Å². The van der Waals surface area contributed by atoms with E-state index in [0.717, 1.165) is 4.88 Å². The Morgan fingerprint density at radius 1 is 1.19 bits per heavy atom. The van der Waals surface area contributed by atoms with Crippen LogP contribution in [0.5, 0.6) is 11.5 Å². The summed E-state index contributed by atoms with van der Waals surface area (Å²) >= 11 is 1.51. The topological polar surface area (TPSA) is 111 Å². The van der Waals surface area contributed by atoms with Crippen molar-refractivity contribution in [1.29, 1.82) is 0 Å². The van der Waals surface area contributed by atoms with Crippen molar-refractivity contribution in [3.8, 4) is 28.0 Å². The van der Waals surface area contributed by atoms with Gasteiger partial charge in [-0.1, -0.05) is 18.2 Å². The van der Waals surface area contributed by atoms with Crippen LogP contribution in [0.25, 0.3) is 16.5 Å². The van der Waals surface area contributed by atoms with E-state index >= 15 is 0 Å². The summed E-state index contributed by atoms with van der Waals surface area (Å²) in [5.74, 6) is 1.15. The molecule has 0 spiro atoms. The maximum absolute atomic E-state index is 12.6. The number of benzene rings is 1. The number of aromatic nitrogens is 4. The van der Waals surface area contributed by atoms with Gasteiger partial charge in [0.05, 0.1) is 12.0 Å². The summed E-state index contributed by atoms with van der Waals surface area (Å²) in [6.07, 6.45) is 0. The molecule has 0 aliphatic heterocycles. The number of aromatic amines is 1. The Hall–Kier alpha value is -3.92. The quantitative estimate of drug-likeness (QED) is 0.446. The number of carbonyl (C=O) groups is 1. The SMILES string of the molecule is COc1ccccc1OCC(=O)Nc1cc(-c2cccs2)nn1-c1nc(C)c(C)c(=O)[nH]1. The molecule has 9 nitrogen and oxygen atoms in total. The molecule has 3 aromatic heterocycles. The molecule has 0 saturated carbocycles. The second-order valence-electron chi connectivity index (χ2n) is 6.89. The second kappa shape index (κ2) is 9.06. The first-order valence-corrected chi connectivity index (χ1v) is 10.6. The summed E-state index contributed by atoms with van der Waals surface area (Å²) in [7, 11) is 1.53. The van der Waals surface area contributed by atoms with Gasteiger partial charge >= 0.3 is 0 Å². The minimum Gasteiger partial charge on any atom is -0.493 e. The van der Waals surface area contributed by atoms with Crippen LogP contribution in [0, 0.1) is 13.8 Å². The smallest absolute Gasteiger partial charge is 0.263 e. The van der Waals surface area contributed by atoms with Crippen LogP contribution in [0.4, 0.5) is 5.82 Å². The number of ether oxygens (including phenoxy) is 2. The fraction of sp³-hybridized carbons (Fsp3) is 0.182. The Morgan fingerprint density at radius 3 is 2.66 bits per heavy atom. The van der Waals surface area contributed by atoms with Gasteiger partial charge in [-0.25, -0.2) is 4.98 Å². The number of methoxy groups -OCH3 is 1. The van der Waals surface area contributed by atoms with Crippen LogP contribution < -0.4 is 20.3 Å². The largest absolute Gasteiger partial charge is 0.493 e. The monoisotopic (exact) mass is 451 g/mol. The highest BCUT2D eigenvalue weighted by Gasteiger charge is 2.17. The molecule has 10 heteroatoms. The summed E-state index contributed by atoms with van der Waals surface area (Å²) in [4.78, 5) is 33.0. The summed E-state index contributed by atoms with van der Waals surface area (Å²) in [5.41, 5.74) is 1.48. The van der Waals surface area contributed by atoms with E-state index in [1.54, 1.807) is 38.1 Å². The third kappa shape index (κ3) is 4.40. The molecule has 0 saturated heterocycles. The van der Waals surface area contributed by atoms with E-state index in [2.05, 4.69) is 20.4 Å². The number of H-pyrrole nitrogens is 1. The lowest BCUT2D eigenvalue weighted by atomic mass is 10.3. The molecule has 0 aliphatic rings. The van der Waals surface area contributed by atoms with Gasteiger partial charge in [-0.15, -0.1) is 11.3 Å². The summed E-state index contributed by atoms with van der Waals surface area (Å²) in [6, 6.07) is 12.6. The number of amides is 1. The van der Waals surface area contributed by atoms with E-state index in [9.17, 15) is 9.59 Å². The van der Waals surface area contributed by atoms with Gasteiger partial charge in [0.25, 0.3) is 11.5 Å². The molecule has 0 radical (unpaired) electrons. The Kier molecular flexibility index (Phi) is 6.04. The highest BCUT2D eigenvalue weighted by molar-refractivity contribution is 7.13. The molecule has 0 fully saturated rings. The minimum absolute atomic E-state index is 0.210. The van der Waals surface area contributed by atoms with E-state index in [4.69, 9.17) is 9.47 Å². The van der Waals surface area contributed by atoms with Gasteiger partial charge in [0.2, 0.25) is 5.95 Å². The van der Waals surface area contributed by atoms with Crippen LogP contribution in [-0.2, 0) is 4.79 Å². The van der Waals surface area contributed by atoms with Crippen LogP contribution >= 0.6 is 11.3 Å². The van der Waals surface area contributed by atoms with E-state index in [1.165, 1.54) is 23.1 Å².